The number of aromatic hydroxyl groups is 1. The molecule has 0 bridgehead atoms. The van der Waals surface area contributed by atoms with E-state index in [1.807, 2.05) is 13.8 Å². The van der Waals surface area contributed by atoms with Gasteiger partial charge in [0.1, 0.15) is 23.9 Å². The van der Waals surface area contributed by atoms with Gasteiger partial charge in [0.25, 0.3) is 0 Å². The van der Waals surface area contributed by atoms with E-state index in [9.17, 15) is 29.4 Å². The summed E-state index contributed by atoms with van der Waals surface area (Å²) >= 11 is 0. The highest BCUT2D eigenvalue weighted by Gasteiger charge is 2.29. The first-order chi connectivity index (χ1) is 17.5. The van der Waals surface area contributed by atoms with Crippen LogP contribution < -0.4 is 21.7 Å². The van der Waals surface area contributed by atoms with Crippen molar-refractivity contribution in [2.45, 2.75) is 64.2 Å². The van der Waals surface area contributed by atoms with Crippen molar-refractivity contribution < 1.29 is 29.4 Å². The average Bonchev–Trinajstić information content (AvgIpc) is 2.84. The summed E-state index contributed by atoms with van der Waals surface area (Å²) in [6.45, 7) is 5.28. The van der Waals surface area contributed by atoms with Gasteiger partial charge in [-0.25, -0.2) is 4.79 Å². The van der Waals surface area contributed by atoms with Crippen LogP contribution in [0.2, 0.25) is 0 Å². The van der Waals surface area contributed by atoms with Crippen molar-refractivity contribution in [3.05, 3.63) is 65.7 Å². The van der Waals surface area contributed by atoms with Gasteiger partial charge in [-0.05, 0) is 42.5 Å². The fourth-order valence-corrected chi connectivity index (χ4v) is 3.70. The molecule has 0 aliphatic rings. The molecule has 0 spiro atoms. The maximum atomic E-state index is 13.1. The number of phenols is 1. The van der Waals surface area contributed by atoms with Gasteiger partial charge in [0, 0.05) is 12.8 Å². The van der Waals surface area contributed by atoms with Crippen molar-refractivity contribution in [2.75, 3.05) is 0 Å². The Morgan fingerprint density at radius 1 is 0.757 bits per heavy atom. The minimum atomic E-state index is -1.20. The van der Waals surface area contributed by atoms with E-state index < -0.39 is 47.9 Å². The van der Waals surface area contributed by atoms with Crippen LogP contribution in [0.1, 0.15) is 38.3 Å². The van der Waals surface area contributed by atoms with Gasteiger partial charge in [-0.2, -0.15) is 0 Å². The number of phenolic OH excluding ortho intramolecular Hbond substituents is 1. The Morgan fingerprint density at radius 3 is 1.86 bits per heavy atom. The normalized spacial score (nSPS) is 14.2. The van der Waals surface area contributed by atoms with E-state index in [1.54, 1.807) is 42.5 Å². The Labute approximate surface area is 216 Å². The maximum absolute atomic E-state index is 13.1. The number of carbonyl (C=O) groups excluding carboxylic acids is 3. The van der Waals surface area contributed by atoms with Gasteiger partial charge in [0.05, 0.1) is 6.04 Å². The standard InChI is InChI=1S/C27H36N4O6/c1-16(2)13-21(28)25(34)30-22(14-19-9-11-20(32)12-10-19)26(35)29-17(3)24(33)31-23(27(36)37)15-18-7-5-4-6-8-18/h4-12,16-17,21-23,32H,13-15,28H2,1-3H3,(H,29,35)(H,30,34)(H,31,33)(H,36,37). The molecule has 0 fully saturated rings. The predicted molar refractivity (Wildman–Crippen MR) is 138 cm³/mol. The number of rotatable bonds is 13. The molecule has 0 aliphatic carbocycles. The lowest BCUT2D eigenvalue weighted by Crippen LogP contribution is -2.57. The number of aliphatic carboxylic acids is 1. The highest BCUT2D eigenvalue weighted by molar-refractivity contribution is 5.94. The number of benzene rings is 2. The van der Waals surface area contributed by atoms with Crippen LogP contribution in [-0.2, 0) is 32.0 Å². The third-order valence-electron chi connectivity index (χ3n) is 5.72. The molecular formula is C27H36N4O6. The zero-order chi connectivity index (χ0) is 27.5. The fourth-order valence-electron chi connectivity index (χ4n) is 3.70. The van der Waals surface area contributed by atoms with Crippen molar-refractivity contribution in [3.8, 4) is 5.75 Å². The topological polar surface area (TPSA) is 171 Å². The van der Waals surface area contributed by atoms with E-state index in [-0.39, 0.29) is 24.5 Å². The molecule has 0 saturated heterocycles. The SMILES string of the molecule is CC(C)CC(N)C(=O)NC(Cc1ccc(O)cc1)C(=O)NC(C)C(=O)NC(Cc1ccccc1)C(=O)O. The molecule has 0 heterocycles. The molecule has 0 aliphatic heterocycles. The van der Waals surface area contributed by atoms with E-state index in [0.717, 1.165) is 5.56 Å². The first kappa shape index (κ1) is 29.3. The molecule has 4 unspecified atom stereocenters. The molecule has 2 aromatic carbocycles. The molecule has 0 aromatic heterocycles. The largest absolute Gasteiger partial charge is 0.508 e. The summed E-state index contributed by atoms with van der Waals surface area (Å²) in [5.74, 6) is -2.78. The first-order valence-corrected chi connectivity index (χ1v) is 12.2. The van der Waals surface area contributed by atoms with E-state index in [1.165, 1.54) is 19.1 Å². The van der Waals surface area contributed by atoms with E-state index in [2.05, 4.69) is 16.0 Å². The van der Waals surface area contributed by atoms with Crippen molar-refractivity contribution in [2.24, 2.45) is 11.7 Å². The summed E-state index contributed by atoms with van der Waals surface area (Å²) in [6.07, 6.45) is 0.596. The molecule has 37 heavy (non-hydrogen) atoms. The Kier molecular flexibility index (Phi) is 11.1. The van der Waals surface area contributed by atoms with E-state index >= 15 is 0 Å². The third-order valence-corrected chi connectivity index (χ3v) is 5.72. The van der Waals surface area contributed by atoms with Crippen LogP contribution in [0.5, 0.6) is 5.75 Å². The second-order valence-corrected chi connectivity index (χ2v) is 9.49. The van der Waals surface area contributed by atoms with Gasteiger partial charge in [-0.1, -0.05) is 56.3 Å². The van der Waals surface area contributed by atoms with Gasteiger partial charge < -0.3 is 31.9 Å². The molecule has 0 saturated carbocycles. The Bertz CT molecular complexity index is 1060. The van der Waals surface area contributed by atoms with Gasteiger partial charge in [0.2, 0.25) is 17.7 Å². The molecule has 10 nitrogen and oxygen atoms in total. The summed E-state index contributed by atoms with van der Waals surface area (Å²) < 4.78 is 0. The van der Waals surface area contributed by atoms with Crippen LogP contribution >= 0.6 is 0 Å². The Hall–Kier alpha value is -3.92. The van der Waals surface area contributed by atoms with Crippen LogP contribution in [0.4, 0.5) is 0 Å². The summed E-state index contributed by atoms with van der Waals surface area (Å²) in [5.41, 5.74) is 7.38. The number of amides is 3. The average molecular weight is 513 g/mol. The zero-order valence-electron chi connectivity index (χ0n) is 21.3. The fraction of sp³-hybridized carbons (Fsp3) is 0.407. The first-order valence-electron chi connectivity index (χ1n) is 12.2. The predicted octanol–water partition coefficient (Wildman–Crippen LogP) is 1.11. The number of nitrogens with two attached hydrogens (primary N) is 1. The highest BCUT2D eigenvalue weighted by atomic mass is 16.4. The van der Waals surface area contributed by atoms with Crippen LogP contribution in [-0.4, -0.2) is 58.1 Å². The molecule has 2 aromatic rings. The lowest BCUT2D eigenvalue weighted by atomic mass is 10.0. The number of carbonyl (C=O) groups is 4. The minimum Gasteiger partial charge on any atom is -0.508 e. The van der Waals surface area contributed by atoms with Gasteiger partial charge >= 0.3 is 5.97 Å². The van der Waals surface area contributed by atoms with Crippen LogP contribution in [0.3, 0.4) is 0 Å². The number of carboxylic acid groups (broad SMARTS) is 1. The number of carboxylic acids is 1. The summed E-state index contributed by atoms with van der Waals surface area (Å²) in [6, 6.07) is 10.9. The number of hydrogen-bond acceptors (Lipinski definition) is 6. The number of nitrogens with one attached hydrogen (secondary N) is 3. The smallest absolute Gasteiger partial charge is 0.326 e. The molecule has 4 atom stereocenters. The van der Waals surface area contributed by atoms with Crippen molar-refractivity contribution >= 4 is 23.7 Å². The van der Waals surface area contributed by atoms with Gasteiger partial charge in [0.15, 0.2) is 0 Å². The molecule has 7 N–H and O–H groups in total. The maximum Gasteiger partial charge on any atom is 0.326 e. The zero-order valence-corrected chi connectivity index (χ0v) is 21.3. The number of hydrogen-bond donors (Lipinski definition) is 6. The molecule has 10 heteroatoms. The Balaban J connectivity index is 2.09. The van der Waals surface area contributed by atoms with Crippen LogP contribution in [0, 0.1) is 5.92 Å². The van der Waals surface area contributed by atoms with Crippen molar-refractivity contribution in [1.29, 1.82) is 0 Å². The summed E-state index contributed by atoms with van der Waals surface area (Å²) in [5, 5.41) is 26.8. The van der Waals surface area contributed by atoms with Crippen LogP contribution in [0.15, 0.2) is 54.6 Å². The lowest BCUT2D eigenvalue weighted by Gasteiger charge is -2.24. The second-order valence-electron chi connectivity index (χ2n) is 9.49. The van der Waals surface area contributed by atoms with E-state index in [4.69, 9.17) is 5.73 Å². The van der Waals surface area contributed by atoms with Gasteiger partial charge in [-0.15, -0.1) is 0 Å². The minimum absolute atomic E-state index is 0.0570. The molecule has 2 rings (SSSR count). The molecule has 200 valence electrons. The Morgan fingerprint density at radius 2 is 1.30 bits per heavy atom. The monoisotopic (exact) mass is 512 g/mol. The summed E-state index contributed by atoms with van der Waals surface area (Å²) in [4.78, 5) is 50.2. The van der Waals surface area contributed by atoms with E-state index in [0.29, 0.717) is 12.0 Å². The molecule has 0 radical (unpaired) electrons. The molecular weight excluding hydrogens is 476 g/mol. The summed E-state index contributed by atoms with van der Waals surface area (Å²) in [7, 11) is 0. The quantitative estimate of drug-likeness (QED) is 0.233. The molecule has 3 amide bonds. The second kappa shape index (κ2) is 14.0. The third kappa shape index (κ3) is 9.92. The lowest BCUT2D eigenvalue weighted by molar-refractivity contribution is -0.142. The highest BCUT2D eigenvalue weighted by Crippen LogP contribution is 2.12. The van der Waals surface area contributed by atoms with Crippen LogP contribution in [0.25, 0.3) is 0 Å². The van der Waals surface area contributed by atoms with Crippen molar-refractivity contribution in [3.63, 3.8) is 0 Å². The van der Waals surface area contributed by atoms with Gasteiger partial charge in [-0.3, -0.25) is 14.4 Å². The van der Waals surface area contributed by atoms with Crippen molar-refractivity contribution in [1.82, 2.24) is 16.0 Å².